The summed E-state index contributed by atoms with van der Waals surface area (Å²) in [6, 6.07) is 3.76. The fourth-order valence-corrected chi connectivity index (χ4v) is 2.51. The summed E-state index contributed by atoms with van der Waals surface area (Å²) in [5.41, 5.74) is 1.59. The molecule has 0 aromatic carbocycles. The quantitative estimate of drug-likeness (QED) is 0.699. The van der Waals surface area contributed by atoms with Crippen LogP contribution in [0.25, 0.3) is 5.65 Å². The second-order valence-corrected chi connectivity index (χ2v) is 4.65. The lowest BCUT2D eigenvalue weighted by molar-refractivity contribution is -0.0460. The van der Waals surface area contributed by atoms with E-state index in [0.29, 0.717) is 13.2 Å². The first-order chi connectivity index (χ1) is 9.88. The molecule has 1 unspecified atom stereocenters. The highest BCUT2D eigenvalue weighted by atomic mass is 35.5. The van der Waals surface area contributed by atoms with Crippen molar-refractivity contribution in [1.82, 2.24) is 35.3 Å². The zero-order chi connectivity index (χ0) is 13.4. The van der Waals surface area contributed by atoms with E-state index in [9.17, 15) is 0 Å². The van der Waals surface area contributed by atoms with Crippen LogP contribution in [0.15, 0.2) is 30.7 Å². The Hall–Kier alpha value is -2.03. The van der Waals surface area contributed by atoms with Crippen LogP contribution in [-0.4, -0.2) is 49.7 Å². The monoisotopic (exact) mass is 307 g/mol. The Balaban J connectivity index is 0.00000132. The summed E-state index contributed by atoms with van der Waals surface area (Å²) in [6.07, 6.45) is 5.27. The molecule has 0 radical (unpaired) electrons. The number of fused-ring (bicyclic) bond motifs is 1. The maximum atomic E-state index is 6.04. The topological polar surface area (TPSA) is 93.0 Å². The first-order valence-corrected chi connectivity index (χ1v) is 6.40. The third kappa shape index (κ3) is 2.17. The van der Waals surface area contributed by atoms with E-state index in [1.165, 1.54) is 0 Å². The number of H-pyrrole nitrogens is 1. The molecule has 0 spiro atoms. The number of aromatic nitrogens is 6. The van der Waals surface area contributed by atoms with E-state index < -0.39 is 5.60 Å². The summed E-state index contributed by atoms with van der Waals surface area (Å²) < 4.78 is 7.76. The van der Waals surface area contributed by atoms with Crippen molar-refractivity contribution in [2.24, 2.45) is 0 Å². The number of halogens is 1. The average molecular weight is 308 g/mol. The Kier molecular flexibility index (Phi) is 3.58. The molecule has 3 aromatic rings. The summed E-state index contributed by atoms with van der Waals surface area (Å²) in [5, 5.41) is 18.2. The van der Waals surface area contributed by atoms with Gasteiger partial charge in [-0.15, -0.1) is 12.4 Å². The highest BCUT2D eigenvalue weighted by Gasteiger charge is 2.41. The summed E-state index contributed by atoms with van der Waals surface area (Å²) in [6.45, 7) is 2.02. The van der Waals surface area contributed by atoms with Crippen molar-refractivity contribution in [3.63, 3.8) is 0 Å². The minimum atomic E-state index is -0.711. The fraction of sp³-hybridized carbons (Fsp3) is 0.333. The van der Waals surface area contributed by atoms with Gasteiger partial charge in [-0.25, -0.2) is 9.50 Å². The van der Waals surface area contributed by atoms with Crippen molar-refractivity contribution in [2.75, 3.05) is 19.7 Å². The van der Waals surface area contributed by atoms with Crippen LogP contribution in [0, 0.1) is 0 Å². The van der Waals surface area contributed by atoms with Crippen LogP contribution < -0.4 is 5.32 Å². The van der Waals surface area contributed by atoms with Crippen LogP contribution in [0.4, 0.5) is 0 Å². The Bertz CT molecular complexity index is 720. The number of aromatic amines is 1. The van der Waals surface area contributed by atoms with Crippen LogP contribution in [0.2, 0.25) is 0 Å². The molecule has 1 fully saturated rings. The molecule has 9 heteroatoms. The summed E-state index contributed by atoms with van der Waals surface area (Å²) >= 11 is 0. The standard InChI is InChI=1S/C12H13N7O.ClH/c1-3-15-19-5-2-9(16-11(1)19)12(8-13-4-6-20-12)10-7-14-18-17-10;/h1-3,5,7,13H,4,6,8H2,(H,14,17,18);1H. The number of ether oxygens (including phenoxy) is 1. The van der Waals surface area contributed by atoms with E-state index in [2.05, 4.69) is 30.8 Å². The van der Waals surface area contributed by atoms with Gasteiger partial charge in [0.15, 0.2) is 11.2 Å². The van der Waals surface area contributed by atoms with E-state index >= 15 is 0 Å². The lowest BCUT2D eigenvalue weighted by Crippen LogP contribution is -2.49. The normalized spacial score (nSPS) is 22.1. The minimum absolute atomic E-state index is 0. The molecule has 3 aromatic heterocycles. The smallest absolute Gasteiger partial charge is 0.167 e. The second-order valence-electron chi connectivity index (χ2n) is 4.65. The van der Waals surface area contributed by atoms with Crippen molar-refractivity contribution < 1.29 is 4.74 Å². The zero-order valence-corrected chi connectivity index (χ0v) is 11.9. The third-order valence-electron chi connectivity index (χ3n) is 3.50. The predicted octanol–water partition coefficient (Wildman–Crippen LogP) is 0.133. The van der Waals surface area contributed by atoms with Crippen LogP contribution >= 0.6 is 12.4 Å². The van der Waals surface area contributed by atoms with Gasteiger partial charge in [0.05, 0.1) is 24.7 Å². The average Bonchev–Trinajstić information content (AvgIpc) is 3.18. The largest absolute Gasteiger partial charge is 0.359 e. The van der Waals surface area contributed by atoms with E-state index in [1.807, 2.05) is 18.3 Å². The highest BCUT2D eigenvalue weighted by Crippen LogP contribution is 2.31. The molecule has 0 bridgehead atoms. The second kappa shape index (κ2) is 5.40. The van der Waals surface area contributed by atoms with Crippen LogP contribution in [0.3, 0.4) is 0 Å². The summed E-state index contributed by atoms with van der Waals surface area (Å²) in [7, 11) is 0. The molecule has 21 heavy (non-hydrogen) atoms. The van der Waals surface area contributed by atoms with Gasteiger partial charge in [-0.05, 0) is 6.07 Å². The maximum absolute atomic E-state index is 6.04. The molecule has 2 N–H and O–H groups in total. The first kappa shape index (κ1) is 13.9. The van der Waals surface area contributed by atoms with E-state index in [1.54, 1.807) is 16.9 Å². The SMILES string of the molecule is Cl.c1cc2nc(C3(c4cn[nH]n4)CNCCO3)ccn2n1. The van der Waals surface area contributed by atoms with E-state index in [4.69, 9.17) is 4.74 Å². The lowest BCUT2D eigenvalue weighted by atomic mass is 9.94. The van der Waals surface area contributed by atoms with Crippen LogP contribution in [0.5, 0.6) is 0 Å². The highest BCUT2D eigenvalue weighted by molar-refractivity contribution is 5.85. The van der Waals surface area contributed by atoms with Crippen molar-refractivity contribution in [2.45, 2.75) is 5.60 Å². The summed E-state index contributed by atoms with van der Waals surface area (Å²) in [4.78, 5) is 4.64. The molecule has 4 heterocycles. The van der Waals surface area contributed by atoms with Gasteiger partial charge >= 0.3 is 0 Å². The van der Waals surface area contributed by atoms with E-state index in [-0.39, 0.29) is 12.4 Å². The molecule has 1 saturated heterocycles. The van der Waals surface area contributed by atoms with Crippen molar-refractivity contribution in [1.29, 1.82) is 0 Å². The van der Waals surface area contributed by atoms with Crippen LogP contribution in [0.1, 0.15) is 11.4 Å². The number of hydrogen-bond acceptors (Lipinski definition) is 6. The van der Waals surface area contributed by atoms with Gasteiger partial charge in [0.1, 0.15) is 5.69 Å². The molecule has 1 aliphatic rings. The van der Waals surface area contributed by atoms with Crippen molar-refractivity contribution in [3.8, 4) is 0 Å². The predicted molar refractivity (Wildman–Crippen MR) is 76.2 cm³/mol. The number of hydrogen-bond donors (Lipinski definition) is 2. The number of morpholine rings is 1. The lowest BCUT2D eigenvalue weighted by Gasteiger charge is -2.35. The molecule has 0 saturated carbocycles. The first-order valence-electron chi connectivity index (χ1n) is 6.40. The Morgan fingerprint density at radius 3 is 3.00 bits per heavy atom. The Labute approximate surface area is 126 Å². The molecular formula is C12H14ClN7O. The third-order valence-corrected chi connectivity index (χ3v) is 3.50. The Morgan fingerprint density at radius 2 is 2.24 bits per heavy atom. The molecule has 1 aliphatic heterocycles. The van der Waals surface area contributed by atoms with Gasteiger partial charge in [0.25, 0.3) is 0 Å². The summed E-state index contributed by atoms with van der Waals surface area (Å²) in [5.74, 6) is 0. The van der Waals surface area contributed by atoms with E-state index in [0.717, 1.165) is 23.6 Å². The minimum Gasteiger partial charge on any atom is -0.359 e. The fourth-order valence-electron chi connectivity index (χ4n) is 2.51. The van der Waals surface area contributed by atoms with Gasteiger partial charge in [-0.1, -0.05) is 0 Å². The molecular weight excluding hydrogens is 294 g/mol. The molecule has 1 atom stereocenters. The molecule has 8 nitrogen and oxygen atoms in total. The molecule has 110 valence electrons. The van der Waals surface area contributed by atoms with Crippen molar-refractivity contribution >= 4 is 18.1 Å². The van der Waals surface area contributed by atoms with Gasteiger partial charge in [-0.3, -0.25) is 0 Å². The number of nitrogens with one attached hydrogen (secondary N) is 2. The zero-order valence-electron chi connectivity index (χ0n) is 11.1. The molecule has 4 rings (SSSR count). The number of nitrogens with zero attached hydrogens (tertiary/aromatic N) is 5. The maximum Gasteiger partial charge on any atom is 0.167 e. The van der Waals surface area contributed by atoms with Crippen LogP contribution in [-0.2, 0) is 10.3 Å². The number of rotatable bonds is 2. The van der Waals surface area contributed by atoms with Gasteiger partial charge < -0.3 is 10.1 Å². The Morgan fingerprint density at radius 1 is 1.29 bits per heavy atom. The van der Waals surface area contributed by atoms with Gasteiger partial charge in [-0.2, -0.15) is 20.5 Å². The van der Waals surface area contributed by atoms with Gasteiger partial charge in [0.2, 0.25) is 0 Å². The molecule has 0 amide bonds. The molecule has 0 aliphatic carbocycles. The van der Waals surface area contributed by atoms with Gasteiger partial charge in [0, 0.05) is 25.4 Å². The van der Waals surface area contributed by atoms with Crippen molar-refractivity contribution in [3.05, 3.63) is 42.1 Å².